The van der Waals surface area contributed by atoms with Gasteiger partial charge in [0.15, 0.2) is 0 Å². The molecule has 2 N–H and O–H groups in total. The molecular formula is C20H19F4N3O3. The summed E-state index contributed by atoms with van der Waals surface area (Å²) in [6, 6.07) is 1.51. The normalized spacial score (nSPS) is 23.0. The molecule has 0 radical (unpaired) electrons. The lowest BCUT2D eigenvalue weighted by Crippen LogP contribution is -2.58. The number of amides is 2. The summed E-state index contributed by atoms with van der Waals surface area (Å²) in [6.07, 6.45) is 0.564. The van der Waals surface area contributed by atoms with Crippen LogP contribution >= 0.6 is 0 Å². The van der Waals surface area contributed by atoms with E-state index in [0.717, 1.165) is 17.2 Å². The second-order valence-corrected chi connectivity index (χ2v) is 7.58. The van der Waals surface area contributed by atoms with Gasteiger partial charge in [-0.15, -0.1) is 0 Å². The fourth-order valence-corrected chi connectivity index (χ4v) is 4.00. The zero-order valence-corrected chi connectivity index (χ0v) is 15.8. The molecule has 3 aliphatic rings. The minimum Gasteiger partial charge on any atom is -0.510 e. The number of allylic oxidation sites excluding steroid dienone is 1. The van der Waals surface area contributed by atoms with Gasteiger partial charge in [-0.2, -0.15) is 0 Å². The standard InChI is InChI=1S/C20H19F4N3O3/c21-13-3-2-11(14(22)7-13)8-25-18(29)12-6-15(28)17-19(30)26-5-1-4-20(23,24)16(10-26)27(17)9-12/h2-3,7,9,16,28H,1,4-6,8,10H2,(H,25,29). The molecule has 6 nitrogen and oxygen atoms in total. The summed E-state index contributed by atoms with van der Waals surface area (Å²) >= 11 is 0. The molecule has 2 amide bonds. The van der Waals surface area contributed by atoms with E-state index in [1.165, 1.54) is 11.0 Å². The number of hydrogen-bond donors (Lipinski definition) is 2. The van der Waals surface area contributed by atoms with Gasteiger partial charge in [-0.05, 0) is 12.5 Å². The third kappa shape index (κ3) is 3.50. The van der Waals surface area contributed by atoms with Gasteiger partial charge in [-0.1, -0.05) is 6.07 Å². The van der Waals surface area contributed by atoms with Crippen molar-refractivity contribution in [3.63, 3.8) is 0 Å². The van der Waals surface area contributed by atoms with Crippen LogP contribution in [0.5, 0.6) is 0 Å². The van der Waals surface area contributed by atoms with Crippen molar-refractivity contribution in [1.82, 2.24) is 15.1 Å². The second kappa shape index (κ2) is 7.33. The fraction of sp³-hybridized carbons (Fsp3) is 0.400. The van der Waals surface area contributed by atoms with Gasteiger partial charge < -0.3 is 20.2 Å². The molecule has 2 bridgehead atoms. The highest BCUT2D eigenvalue weighted by molar-refractivity contribution is 5.98. The Bertz CT molecular complexity index is 976. The van der Waals surface area contributed by atoms with Crippen LogP contribution < -0.4 is 5.32 Å². The van der Waals surface area contributed by atoms with Gasteiger partial charge in [-0.25, -0.2) is 17.6 Å². The highest BCUT2D eigenvalue weighted by atomic mass is 19.3. The van der Waals surface area contributed by atoms with Gasteiger partial charge in [0.25, 0.3) is 11.8 Å². The van der Waals surface area contributed by atoms with Crippen LogP contribution in [0.4, 0.5) is 17.6 Å². The van der Waals surface area contributed by atoms with Crippen LogP contribution in [0.2, 0.25) is 0 Å². The molecule has 1 aromatic rings. The molecular weight excluding hydrogens is 406 g/mol. The molecule has 160 valence electrons. The first-order valence-corrected chi connectivity index (χ1v) is 9.48. The molecule has 2 fully saturated rings. The molecule has 3 aliphatic heterocycles. The Morgan fingerprint density at radius 3 is 2.80 bits per heavy atom. The summed E-state index contributed by atoms with van der Waals surface area (Å²) in [7, 11) is 0. The fourth-order valence-electron chi connectivity index (χ4n) is 4.00. The summed E-state index contributed by atoms with van der Waals surface area (Å²) in [6.45, 7) is -0.295. The Labute approximate surface area is 169 Å². The smallest absolute Gasteiger partial charge is 0.274 e. The monoisotopic (exact) mass is 425 g/mol. The number of carbonyl (C=O) groups excluding carboxylic acids is 2. The van der Waals surface area contributed by atoms with E-state index in [1.807, 2.05) is 0 Å². The van der Waals surface area contributed by atoms with Gasteiger partial charge in [0, 0.05) is 55.9 Å². The minimum atomic E-state index is -3.12. The summed E-state index contributed by atoms with van der Waals surface area (Å²) in [5, 5.41) is 12.8. The molecule has 2 saturated heterocycles. The van der Waals surface area contributed by atoms with Crippen molar-refractivity contribution in [3.8, 4) is 0 Å². The van der Waals surface area contributed by atoms with E-state index in [2.05, 4.69) is 5.32 Å². The van der Waals surface area contributed by atoms with Crippen molar-refractivity contribution in [1.29, 1.82) is 0 Å². The summed E-state index contributed by atoms with van der Waals surface area (Å²) < 4.78 is 56.0. The first-order chi connectivity index (χ1) is 14.2. The Balaban J connectivity index is 1.57. The Hall–Kier alpha value is -3.04. The SMILES string of the molecule is O=C(NCc1ccc(F)cc1F)C1=CN2C(=C(O)C1)C(=O)N1CCCC(F)(F)C2C1. The van der Waals surface area contributed by atoms with Crippen molar-refractivity contribution in [3.05, 3.63) is 58.6 Å². The van der Waals surface area contributed by atoms with Crippen LogP contribution in [0.25, 0.3) is 0 Å². The van der Waals surface area contributed by atoms with E-state index in [-0.39, 0.29) is 49.3 Å². The predicted octanol–water partition coefficient (Wildman–Crippen LogP) is 2.58. The number of hydrogen-bond acceptors (Lipinski definition) is 4. The maximum absolute atomic E-state index is 14.7. The molecule has 0 aliphatic carbocycles. The van der Waals surface area contributed by atoms with E-state index >= 15 is 0 Å². The van der Waals surface area contributed by atoms with Crippen LogP contribution in [-0.2, 0) is 16.1 Å². The number of piperazine rings is 1. The zero-order chi connectivity index (χ0) is 21.6. The quantitative estimate of drug-likeness (QED) is 0.731. The highest BCUT2D eigenvalue weighted by Crippen LogP contribution is 2.40. The molecule has 4 rings (SSSR count). The molecule has 0 spiro atoms. The van der Waals surface area contributed by atoms with E-state index < -0.39 is 47.6 Å². The highest BCUT2D eigenvalue weighted by Gasteiger charge is 2.52. The Morgan fingerprint density at radius 2 is 2.07 bits per heavy atom. The van der Waals surface area contributed by atoms with Crippen molar-refractivity contribution in [2.24, 2.45) is 0 Å². The average molecular weight is 425 g/mol. The van der Waals surface area contributed by atoms with E-state index in [0.29, 0.717) is 6.07 Å². The third-order valence-corrected chi connectivity index (χ3v) is 5.58. The molecule has 1 unspecified atom stereocenters. The van der Waals surface area contributed by atoms with Crippen LogP contribution in [0.3, 0.4) is 0 Å². The lowest BCUT2D eigenvalue weighted by Gasteiger charge is -2.44. The van der Waals surface area contributed by atoms with Gasteiger partial charge in [0.05, 0.1) is 0 Å². The molecule has 10 heteroatoms. The van der Waals surface area contributed by atoms with Crippen molar-refractivity contribution in [2.75, 3.05) is 13.1 Å². The number of aliphatic hydroxyl groups is 1. The number of fused-ring (bicyclic) bond motifs is 4. The molecule has 1 atom stereocenters. The number of aliphatic hydroxyl groups excluding tert-OH is 1. The van der Waals surface area contributed by atoms with E-state index in [9.17, 15) is 32.3 Å². The van der Waals surface area contributed by atoms with Gasteiger partial charge in [0.1, 0.15) is 29.1 Å². The minimum absolute atomic E-state index is 0.0416. The van der Waals surface area contributed by atoms with Crippen molar-refractivity contribution in [2.45, 2.75) is 37.8 Å². The Kier molecular flexibility index (Phi) is 4.95. The molecule has 3 heterocycles. The number of rotatable bonds is 3. The molecule has 30 heavy (non-hydrogen) atoms. The number of benzene rings is 1. The maximum Gasteiger partial charge on any atom is 0.274 e. The lowest BCUT2D eigenvalue weighted by molar-refractivity contribution is -0.138. The average Bonchev–Trinajstić information content (AvgIpc) is 2.81. The topological polar surface area (TPSA) is 72.9 Å². The number of alkyl halides is 2. The van der Waals surface area contributed by atoms with Crippen LogP contribution in [0.15, 0.2) is 41.4 Å². The Morgan fingerprint density at radius 1 is 1.30 bits per heavy atom. The van der Waals surface area contributed by atoms with E-state index in [4.69, 9.17) is 0 Å². The van der Waals surface area contributed by atoms with Crippen LogP contribution in [-0.4, -0.2) is 51.8 Å². The van der Waals surface area contributed by atoms with Crippen molar-refractivity contribution >= 4 is 11.8 Å². The van der Waals surface area contributed by atoms with Gasteiger partial charge in [-0.3, -0.25) is 9.59 Å². The first-order valence-electron chi connectivity index (χ1n) is 9.48. The number of carbonyl (C=O) groups is 2. The summed E-state index contributed by atoms with van der Waals surface area (Å²) in [5.74, 6) is -6.44. The number of nitrogens with one attached hydrogen (secondary N) is 1. The zero-order valence-electron chi connectivity index (χ0n) is 15.8. The third-order valence-electron chi connectivity index (χ3n) is 5.58. The van der Waals surface area contributed by atoms with Crippen LogP contribution in [0.1, 0.15) is 24.8 Å². The molecule has 0 aromatic heterocycles. The summed E-state index contributed by atoms with van der Waals surface area (Å²) in [4.78, 5) is 27.4. The van der Waals surface area contributed by atoms with Crippen molar-refractivity contribution < 1.29 is 32.3 Å². The van der Waals surface area contributed by atoms with Gasteiger partial charge >= 0.3 is 0 Å². The molecule has 1 aromatic carbocycles. The maximum atomic E-state index is 14.7. The number of halogens is 4. The van der Waals surface area contributed by atoms with Gasteiger partial charge in [0.2, 0.25) is 5.91 Å². The predicted molar refractivity (Wildman–Crippen MR) is 96.9 cm³/mol. The summed E-state index contributed by atoms with van der Waals surface area (Å²) in [5.41, 5.74) is -0.241. The van der Waals surface area contributed by atoms with E-state index in [1.54, 1.807) is 0 Å². The lowest BCUT2D eigenvalue weighted by atomic mass is 9.97. The second-order valence-electron chi connectivity index (χ2n) is 7.58. The van der Waals surface area contributed by atoms with Crippen LogP contribution in [0, 0.1) is 11.6 Å². The number of nitrogens with zero attached hydrogens (tertiary/aromatic N) is 2. The first kappa shape index (κ1) is 20.2. The molecule has 0 saturated carbocycles. The largest absolute Gasteiger partial charge is 0.510 e.